The molecule has 1 aromatic carbocycles. The van der Waals surface area contributed by atoms with Gasteiger partial charge in [-0.3, -0.25) is 4.72 Å². The molecule has 2 aromatic rings. The van der Waals surface area contributed by atoms with E-state index in [-0.39, 0.29) is 5.03 Å². The quantitative estimate of drug-likeness (QED) is 0.837. The van der Waals surface area contributed by atoms with Crippen LogP contribution in [0.15, 0.2) is 41.8 Å². The molecule has 2 rings (SSSR count). The van der Waals surface area contributed by atoms with E-state index in [1.54, 1.807) is 16.7 Å². The van der Waals surface area contributed by atoms with Crippen molar-refractivity contribution in [2.45, 2.75) is 24.9 Å². The average molecular weight is 294 g/mol. The summed E-state index contributed by atoms with van der Waals surface area (Å²) in [5, 5.41) is 0.0189. The third-order valence-electron chi connectivity index (χ3n) is 2.89. The number of hydrogen-bond donors (Lipinski definition) is 2. The first kappa shape index (κ1) is 14.5. The van der Waals surface area contributed by atoms with E-state index >= 15 is 0 Å². The first-order valence-corrected chi connectivity index (χ1v) is 7.87. The molecule has 20 heavy (non-hydrogen) atoms. The molecule has 0 atom stereocenters. The number of nitrogens with zero attached hydrogens (tertiary/aromatic N) is 2. The van der Waals surface area contributed by atoms with Gasteiger partial charge >= 0.3 is 0 Å². The second kappa shape index (κ2) is 6.06. The van der Waals surface area contributed by atoms with Crippen molar-refractivity contribution in [3.8, 4) is 0 Å². The van der Waals surface area contributed by atoms with Crippen LogP contribution in [0, 0.1) is 0 Å². The largest absolute Gasteiger partial charge is 0.336 e. The molecule has 1 aromatic heterocycles. The molecule has 108 valence electrons. The Balaban J connectivity index is 2.15. The predicted molar refractivity (Wildman–Crippen MR) is 77.9 cm³/mol. The lowest BCUT2D eigenvalue weighted by Gasteiger charge is -2.06. The minimum absolute atomic E-state index is 0.0189. The number of anilines is 1. The molecule has 1 heterocycles. The summed E-state index contributed by atoms with van der Waals surface area (Å²) < 4.78 is 28.5. The topological polar surface area (TPSA) is 90.0 Å². The summed E-state index contributed by atoms with van der Waals surface area (Å²) in [4.78, 5) is 3.90. The number of hydrogen-bond acceptors (Lipinski definition) is 4. The predicted octanol–water partition coefficient (Wildman–Crippen LogP) is 1.20. The van der Waals surface area contributed by atoms with Gasteiger partial charge in [-0.1, -0.05) is 12.1 Å². The summed E-state index contributed by atoms with van der Waals surface area (Å²) in [5.41, 5.74) is 7.06. The maximum absolute atomic E-state index is 12.1. The van der Waals surface area contributed by atoms with Crippen molar-refractivity contribution in [3.63, 3.8) is 0 Å². The second-order valence-corrected chi connectivity index (χ2v) is 6.01. The van der Waals surface area contributed by atoms with Crippen molar-refractivity contribution in [1.82, 2.24) is 9.55 Å². The van der Waals surface area contributed by atoms with Crippen molar-refractivity contribution in [2.75, 3.05) is 11.3 Å². The van der Waals surface area contributed by atoms with Crippen molar-refractivity contribution < 1.29 is 8.42 Å². The van der Waals surface area contributed by atoms with Crippen LogP contribution in [0.5, 0.6) is 0 Å². The van der Waals surface area contributed by atoms with Gasteiger partial charge in [0.2, 0.25) is 0 Å². The number of sulfonamides is 1. The second-order valence-electron chi connectivity index (χ2n) is 4.38. The van der Waals surface area contributed by atoms with Gasteiger partial charge in [0.15, 0.2) is 5.03 Å². The third kappa shape index (κ3) is 3.37. The number of aryl methyl sites for hydroxylation is 1. The highest BCUT2D eigenvalue weighted by Crippen LogP contribution is 2.15. The molecular weight excluding hydrogens is 276 g/mol. The van der Waals surface area contributed by atoms with Crippen LogP contribution in [-0.4, -0.2) is 24.5 Å². The zero-order valence-corrected chi connectivity index (χ0v) is 12.1. The Hall–Kier alpha value is -1.86. The summed E-state index contributed by atoms with van der Waals surface area (Å²) in [5.74, 6) is 0. The first-order chi connectivity index (χ1) is 9.55. The van der Waals surface area contributed by atoms with Gasteiger partial charge in [-0.25, -0.2) is 4.98 Å². The van der Waals surface area contributed by atoms with E-state index in [0.29, 0.717) is 18.8 Å². The molecule has 0 aliphatic heterocycles. The van der Waals surface area contributed by atoms with E-state index in [1.165, 1.54) is 12.5 Å². The highest BCUT2D eigenvalue weighted by atomic mass is 32.2. The summed E-state index contributed by atoms with van der Waals surface area (Å²) in [6.45, 7) is 3.16. The maximum atomic E-state index is 12.1. The van der Waals surface area contributed by atoms with Crippen LogP contribution < -0.4 is 10.5 Å². The monoisotopic (exact) mass is 294 g/mol. The molecule has 0 saturated carbocycles. The van der Waals surface area contributed by atoms with Crippen molar-refractivity contribution in [2.24, 2.45) is 5.73 Å². The van der Waals surface area contributed by atoms with Crippen LogP contribution >= 0.6 is 0 Å². The number of benzene rings is 1. The van der Waals surface area contributed by atoms with Crippen molar-refractivity contribution in [3.05, 3.63) is 42.4 Å². The standard InChI is InChI=1S/C13H18N4O2S/c1-2-17-9-13(15-10-17)20(18,19)16-12-5-3-11(4-6-12)7-8-14/h3-6,9-10,16H,2,7-8,14H2,1H3. The fourth-order valence-electron chi connectivity index (χ4n) is 1.76. The van der Waals surface area contributed by atoms with E-state index in [0.717, 1.165) is 12.0 Å². The zero-order chi connectivity index (χ0) is 14.6. The van der Waals surface area contributed by atoms with Crippen LogP contribution in [0.4, 0.5) is 5.69 Å². The molecule has 0 saturated heterocycles. The molecule has 0 spiro atoms. The summed E-state index contributed by atoms with van der Waals surface area (Å²) >= 11 is 0. The average Bonchev–Trinajstić information content (AvgIpc) is 2.91. The van der Waals surface area contributed by atoms with E-state index < -0.39 is 10.0 Å². The van der Waals surface area contributed by atoms with Crippen molar-refractivity contribution >= 4 is 15.7 Å². The normalized spacial score (nSPS) is 11.5. The van der Waals surface area contributed by atoms with Gasteiger partial charge in [0, 0.05) is 18.4 Å². The molecule has 0 fully saturated rings. The Morgan fingerprint density at radius 3 is 2.55 bits per heavy atom. The van der Waals surface area contributed by atoms with Gasteiger partial charge in [-0.05, 0) is 37.6 Å². The number of rotatable bonds is 6. The van der Waals surface area contributed by atoms with E-state index in [4.69, 9.17) is 5.73 Å². The highest BCUT2D eigenvalue weighted by molar-refractivity contribution is 7.92. The van der Waals surface area contributed by atoms with Gasteiger partial charge in [0.25, 0.3) is 10.0 Å². The number of aromatic nitrogens is 2. The summed E-state index contributed by atoms with van der Waals surface area (Å²) in [7, 11) is -3.63. The van der Waals surface area contributed by atoms with Gasteiger partial charge in [0.05, 0.1) is 6.33 Å². The Kier molecular flexibility index (Phi) is 4.41. The lowest BCUT2D eigenvalue weighted by Crippen LogP contribution is -2.13. The smallest absolute Gasteiger partial charge is 0.280 e. The molecule has 0 radical (unpaired) electrons. The van der Waals surface area contributed by atoms with E-state index in [2.05, 4.69) is 9.71 Å². The fraction of sp³-hybridized carbons (Fsp3) is 0.308. The van der Waals surface area contributed by atoms with Gasteiger partial charge in [0.1, 0.15) is 0 Å². The first-order valence-electron chi connectivity index (χ1n) is 6.38. The Morgan fingerprint density at radius 2 is 2.00 bits per heavy atom. The zero-order valence-electron chi connectivity index (χ0n) is 11.3. The molecule has 0 aliphatic rings. The fourth-order valence-corrected chi connectivity index (χ4v) is 2.78. The molecule has 7 heteroatoms. The highest BCUT2D eigenvalue weighted by Gasteiger charge is 2.17. The Bertz CT molecular complexity index is 662. The lowest BCUT2D eigenvalue weighted by atomic mass is 10.1. The van der Waals surface area contributed by atoms with Gasteiger partial charge in [-0.15, -0.1) is 0 Å². The molecule has 0 bridgehead atoms. The maximum Gasteiger partial charge on any atom is 0.280 e. The molecule has 0 unspecified atom stereocenters. The van der Waals surface area contributed by atoms with Crippen LogP contribution in [0.3, 0.4) is 0 Å². The van der Waals surface area contributed by atoms with E-state index in [1.807, 2.05) is 19.1 Å². The number of imidazole rings is 1. The number of nitrogens with two attached hydrogens (primary N) is 1. The summed E-state index contributed by atoms with van der Waals surface area (Å²) in [6, 6.07) is 7.16. The molecule has 0 aliphatic carbocycles. The van der Waals surface area contributed by atoms with Crippen LogP contribution in [-0.2, 0) is 23.0 Å². The Morgan fingerprint density at radius 1 is 1.30 bits per heavy atom. The minimum Gasteiger partial charge on any atom is -0.336 e. The molecule has 0 amide bonds. The molecule has 6 nitrogen and oxygen atoms in total. The minimum atomic E-state index is -3.63. The van der Waals surface area contributed by atoms with Crippen LogP contribution in [0.2, 0.25) is 0 Å². The van der Waals surface area contributed by atoms with Gasteiger partial charge in [-0.2, -0.15) is 8.42 Å². The number of nitrogens with one attached hydrogen (secondary N) is 1. The van der Waals surface area contributed by atoms with Crippen molar-refractivity contribution in [1.29, 1.82) is 0 Å². The van der Waals surface area contributed by atoms with Crippen LogP contribution in [0.1, 0.15) is 12.5 Å². The van der Waals surface area contributed by atoms with Gasteiger partial charge < -0.3 is 10.3 Å². The SMILES string of the molecule is CCn1cnc(S(=O)(=O)Nc2ccc(CCN)cc2)c1. The molecule has 3 N–H and O–H groups in total. The van der Waals surface area contributed by atoms with Crippen LogP contribution in [0.25, 0.3) is 0 Å². The lowest BCUT2D eigenvalue weighted by molar-refractivity contribution is 0.598. The summed E-state index contributed by atoms with van der Waals surface area (Å²) in [6.07, 6.45) is 3.78. The van der Waals surface area contributed by atoms with E-state index in [9.17, 15) is 8.42 Å². The third-order valence-corrected chi connectivity index (χ3v) is 4.16. The Labute approximate surface area is 118 Å². The molecular formula is C13H18N4O2S.